The van der Waals surface area contributed by atoms with Crippen molar-refractivity contribution in [2.24, 2.45) is 0 Å². The van der Waals surface area contributed by atoms with Gasteiger partial charge in [-0.3, -0.25) is 4.79 Å². The summed E-state index contributed by atoms with van der Waals surface area (Å²) < 4.78 is 49.6. The van der Waals surface area contributed by atoms with E-state index in [1.807, 2.05) is 0 Å². The second kappa shape index (κ2) is 8.64. The summed E-state index contributed by atoms with van der Waals surface area (Å²) in [6.45, 7) is -1.33. The first-order chi connectivity index (χ1) is 13.9. The van der Waals surface area contributed by atoms with Gasteiger partial charge in [-0.05, 0) is 49.4 Å². The van der Waals surface area contributed by atoms with Crippen LogP contribution in [0.15, 0.2) is 54.7 Å². The molecule has 1 heterocycles. The maximum atomic E-state index is 13.1. The lowest BCUT2D eigenvalue weighted by molar-refractivity contribution is -0.0513. The quantitative estimate of drug-likeness (QED) is 0.420. The van der Waals surface area contributed by atoms with Gasteiger partial charge in [-0.1, -0.05) is 12.1 Å². The van der Waals surface area contributed by atoms with Gasteiger partial charge in [-0.2, -0.15) is 13.9 Å². The number of rotatable bonds is 7. The molecule has 0 spiro atoms. The number of alkyl halides is 2. The van der Waals surface area contributed by atoms with Crippen molar-refractivity contribution in [1.82, 2.24) is 9.78 Å². The molecular formula is C21H17F3N2O3. The molecule has 5 nitrogen and oxygen atoms in total. The lowest BCUT2D eigenvalue weighted by atomic mass is 10.1. The van der Waals surface area contributed by atoms with Crippen molar-refractivity contribution in [2.75, 3.05) is 7.11 Å². The number of hydrogen-bond acceptors (Lipinski definition) is 4. The molecule has 0 aliphatic carbocycles. The fourth-order valence-corrected chi connectivity index (χ4v) is 2.79. The highest BCUT2D eigenvalue weighted by Crippen LogP contribution is 2.33. The van der Waals surface area contributed by atoms with Gasteiger partial charge in [0, 0.05) is 5.56 Å². The van der Waals surface area contributed by atoms with Gasteiger partial charge in [0.05, 0.1) is 30.3 Å². The maximum Gasteiger partial charge on any atom is 0.387 e. The fraction of sp³-hybridized carbons (Fsp3) is 0.143. The van der Waals surface area contributed by atoms with E-state index in [0.717, 1.165) is 0 Å². The number of halogens is 3. The minimum atomic E-state index is -3.04. The minimum absolute atomic E-state index is 0.125. The fourth-order valence-electron chi connectivity index (χ4n) is 2.79. The predicted octanol–water partition coefficient (Wildman–Crippen LogP) is 4.83. The van der Waals surface area contributed by atoms with Crippen LogP contribution in [0.4, 0.5) is 13.2 Å². The molecule has 3 aromatic rings. The molecule has 2 aromatic carbocycles. The van der Waals surface area contributed by atoms with Crippen LogP contribution in [0.25, 0.3) is 11.8 Å². The van der Waals surface area contributed by atoms with E-state index in [4.69, 9.17) is 4.74 Å². The molecule has 0 N–H and O–H groups in total. The molecule has 1 aromatic heterocycles. The first-order valence-corrected chi connectivity index (χ1v) is 8.55. The third-order valence-corrected chi connectivity index (χ3v) is 4.20. The van der Waals surface area contributed by atoms with Gasteiger partial charge in [0.2, 0.25) is 0 Å². The average Bonchev–Trinajstić information content (AvgIpc) is 3.08. The molecule has 0 amide bonds. The first-order valence-electron chi connectivity index (χ1n) is 8.55. The molecule has 0 saturated heterocycles. The Balaban J connectivity index is 1.88. The number of ether oxygens (including phenoxy) is 2. The lowest BCUT2D eigenvalue weighted by Gasteiger charge is -2.12. The molecule has 0 bridgehead atoms. The van der Waals surface area contributed by atoms with Crippen molar-refractivity contribution in [1.29, 1.82) is 0 Å². The number of ketones is 1. The van der Waals surface area contributed by atoms with Crippen molar-refractivity contribution >= 4 is 11.9 Å². The molecular weight excluding hydrogens is 385 g/mol. The van der Waals surface area contributed by atoms with E-state index in [1.54, 1.807) is 25.1 Å². The van der Waals surface area contributed by atoms with Crippen LogP contribution >= 0.6 is 0 Å². The molecule has 150 valence electrons. The number of carbonyl (C=O) groups excluding carboxylic acids is 1. The number of methoxy groups -OCH3 is 1. The molecule has 0 radical (unpaired) electrons. The molecule has 0 atom stereocenters. The lowest BCUT2D eigenvalue weighted by Crippen LogP contribution is -2.05. The van der Waals surface area contributed by atoms with E-state index < -0.39 is 6.61 Å². The van der Waals surface area contributed by atoms with Crippen LogP contribution in [0.3, 0.4) is 0 Å². The summed E-state index contributed by atoms with van der Waals surface area (Å²) in [6.07, 6.45) is 4.01. The average molecular weight is 402 g/mol. The monoisotopic (exact) mass is 402 g/mol. The van der Waals surface area contributed by atoms with Crippen LogP contribution in [-0.2, 0) is 0 Å². The van der Waals surface area contributed by atoms with Crippen LogP contribution < -0.4 is 9.47 Å². The Labute approximate surface area is 165 Å². The van der Waals surface area contributed by atoms with Crippen molar-refractivity contribution in [3.63, 3.8) is 0 Å². The Morgan fingerprint density at radius 2 is 1.90 bits per heavy atom. The van der Waals surface area contributed by atoms with Gasteiger partial charge in [-0.25, -0.2) is 9.07 Å². The zero-order valence-electron chi connectivity index (χ0n) is 15.6. The van der Waals surface area contributed by atoms with E-state index in [-0.39, 0.29) is 28.7 Å². The Bertz CT molecular complexity index is 1040. The summed E-state index contributed by atoms with van der Waals surface area (Å²) in [6, 6.07) is 10.3. The number of hydrogen-bond donors (Lipinski definition) is 0. The molecule has 0 aliphatic rings. The zero-order chi connectivity index (χ0) is 21.0. The topological polar surface area (TPSA) is 53.3 Å². The van der Waals surface area contributed by atoms with Gasteiger partial charge < -0.3 is 9.47 Å². The number of para-hydroxylation sites is 1. The van der Waals surface area contributed by atoms with Gasteiger partial charge in [-0.15, -0.1) is 0 Å². The van der Waals surface area contributed by atoms with Gasteiger partial charge in [0.1, 0.15) is 5.82 Å². The third kappa shape index (κ3) is 4.48. The number of nitrogens with zero attached hydrogens (tertiary/aromatic N) is 2. The molecule has 29 heavy (non-hydrogen) atoms. The van der Waals surface area contributed by atoms with Crippen molar-refractivity contribution < 1.29 is 27.4 Å². The number of carbonyl (C=O) groups is 1. The van der Waals surface area contributed by atoms with Crippen molar-refractivity contribution in [2.45, 2.75) is 13.5 Å². The maximum absolute atomic E-state index is 13.1. The van der Waals surface area contributed by atoms with E-state index >= 15 is 0 Å². The summed E-state index contributed by atoms with van der Waals surface area (Å²) in [5, 5.41) is 4.17. The van der Waals surface area contributed by atoms with Gasteiger partial charge >= 0.3 is 6.61 Å². The van der Waals surface area contributed by atoms with Crippen LogP contribution in [0.1, 0.15) is 21.6 Å². The van der Waals surface area contributed by atoms with E-state index in [1.165, 1.54) is 54.4 Å². The Morgan fingerprint density at radius 3 is 2.55 bits per heavy atom. The standard InChI is InChI=1S/C21H17F3N2O3/c1-13-17(12-25-26(13)16-9-7-15(22)8-10-16)18(27)11-6-14-4-3-5-19(28-2)20(14)29-21(23)24/h3-12,21H,1-2H3. The van der Waals surface area contributed by atoms with Crippen LogP contribution in [0.2, 0.25) is 0 Å². The SMILES string of the molecule is COc1cccc(C=CC(=O)c2cnn(-c3ccc(F)cc3)c2C)c1OC(F)F. The summed E-state index contributed by atoms with van der Waals surface area (Å²) >= 11 is 0. The zero-order valence-corrected chi connectivity index (χ0v) is 15.6. The second-order valence-corrected chi connectivity index (χ2v) is 5.99. The second-order valence-electron chi connectivity index (χ2n) is 5.99. The van der Waals surface area contributed by atoms with Gasteiger partial charge in [0.25, 0.3) is 0 Å². The number of aromatic nitrogens is 2. The summed E-state index contributed by atoms with van der Waals surface area (Å²) in [7, 11) is 1.33. The van der Waals surface area contributed by atoms with Gasteiger partial charge in [0.15, 0.2) is 17.3 Å². The van der Waals surface area contributed by atoms with E-state index in [9.17, 15) is 18.0 Å². The minimum Gasteiger partial charge on any atom is -0.493 e. The number of allylic oxidation sites excluding steroid dienone is 1. The first kappa shape index (κ1) is 20.2. The molecule has 0 aliphatic heterocycles. The highest BCUT2D eigenvalue weighted by Gasteiger charge is 2.16. The van der Waals surface area contributed by atoms with Crippen LogP contribution in [0, 0.1) is 12.7 Å². The largest absolute Gasteiger partial charge is 0.493 e. The number of benzene rings is 2. The molecule has 0 fully saturated rings. The summed E-state index contributed by atoms with van der Waals surface area (Å²) in [5.74, 6) is -0.785. The molecule has 0 saturated carbocycles. The van der Waals surface area contributed by atoms with E-state index in [0.29, 0.717) is 16.9 Å². The van der Waals surface area contributed by atoms with Crippen molar-refractivity contribution in [3.05, 3.63) is 77.4 Å². The predicted molar refractivity (Wildman–Crippen MR) is 101 cm³/mol. The summed E-state index contributed by atoms with van der Waals surface area (Å²) in [5.41, 5.74) is 1.75. The highest BCUT2D eigenvalue weighted by molar-refractivity contribution is 6.07. The van der Waals surface area contributed by atoms with Crippen LogP contribution in [-0.4, -0.2) is 29.3 Å². The Morgan fingerprint density at radius 1 is 1.17 bits per heavy atom. The normalized spacial score (nSPS) is 11.2. The van der Waals surface area contributed by atoms with Crippen molar-refractivity contribution in [3.8, 4) is 17.2 Å². The Kier molecular flexibility index (Phi) is 6.01. The summed E-state index contributed by atoms with van der Waals surface area (Å²) in [4.78, 5) is 12.6. The third-order valence-electron chi connectivity index (χ3n) is 4.20. The molecule has 3 rings (SSSR count). The Hall–Kier alpha value is -3.55. The smallest absolute Gasteiger partial charge is 0.387 e. The molecule has 8 heteroatoms. The van der Waals surface area contributed by atoms with Crippen LogP contribution in [0.5, 0.6) is 11.5 Å². The highest BCUT2D eigenvalue weighted by atomic mass is 19.3. The molecule has 0 unspecified atom stereocenters. The van der Waals surface area contributed by atoms with E-state index in [2.05, 4.69) is 9.84 Å².